The first-order valence-corrected chi connectivity index (χ1v) is 9.06. The molecule has 1 amide bonds. The summed E-state index contributed by atoms with van der Waals surface area (Å²) in [5.41, 5.74) is 8.14. The van der Waals surface area contributed by atoms with Crippen molar-refractivity contribution in [2.75, 3.05) is 31.9 Å². The smallest absolute Gasteiger partial charge is 0.254 e. The van der Waals surface area contributed by atoms with Crippen LogP contribution in [0.5, 0.6) is 0 Å². The van der Waals surface area contributed by atoms with Gasteiger partial charge >= 0.3 is 0 Å². The monoisotopic (exact) mass is 384 g/mol. The Morgan fingerprint density at radius 3 is 2.67 bits per heavy atom. The Kier molecular flexibility index (Phi) is 4.68. The molecule has 0 radical (unpaired) electrons. The molecule has 0 saturated carbocycles. The lowest BCUT2D eigenvalue weighted by molar-refractivity contribution is 0.0736. The number of carbonyl (C=O) groups excluding carboxylic acids is 1. The Bertz CT molecular complexity index is 1030. The van der Waals surface area contributed by atoms with E-state index in [0.717, 1.165) is 18.5 Å². The van der Waals surface area contributed by atoms with E-state index < -0.39 is 5.82 Å². The number of anilines is 1. The van der Waals surface area contributed by atoms with Gasteiger partial charge in [-0.05, 0) is 36.4 Å². The van der Waals surface area contributed by atoms with E-state index in [1.165, 1.54) is 12.1 Å². The molecule has 27 heavy (non-hydrogen) atoms. The number of fused-ring (bicyclic) bond motifs is 1. The highest BCUT2D eigenvalue weighted by Gasteiger charge is 2.19. The van der Waals surface area contributed by atoms with Gasteiger partial charge in [-0.15, -0.1) is 0 Å². The van der Waals surface area contributed by atoms with E-state index >= 15 is 0 Å². The van der Waals surface area contributed by atoms with E-state index in [1.54, 1.807) is 24.3 Å². The number of nitrogen functional groups attached to an aromatic ring is 1. The molecule has 0 aliphatic carbocycles. The van der Waals surface area contributed by atoms with Crippen LogP contribution < -0.4 is 11.1 Å². The number of nitrogens with two attached hydrogens (primary N) is 1. The lowest BCUT2D eigenvalue weighted by Gasteiger charge is -2.27. The Hall–Kier alpha value is -2.70. The summed E-state index contributed by atoms with van der Waals surface area (Å²) in [5, 5.41) is 4.50. The van der Waals surface area contributed by atoms with Crippen molar-refractivity contribution in [3.8, 4) is 11.3 Å². The molecule has 1 aliphatic heterocycles. The topological polar surface area (TPSA) is 71.2 Å². The highest BCUT2D eigenvalue weighted by Crippen LogP contribution is 2.30. The van der Waals surface area contributed by atoms with Gasteiger partial charge in [0.1, 0.15) is 5.82 Å². The summed E-state index contributed by atoms with van der Waals surface area (Å²) in [6.07, 6.45) is 0. The predicted octanol–water partition coefficient (Wildman–Crippen LogP) is 3.32. The minimum atomic E-state index is -0.477. The molecule has 1 aliphatic rings. The first kappa shape index (κ1) is 17.7. The lowest BCUT2D eigenvalue weighted by atomic mass is 10.1. The Morgan fingerprint density at radius 2 is 1.93 bits per heavy atom. The van der Waals surface area contributed by atoms with Crippen LogP contribution in [0.15, 0.2) is 42.5 Å². The van der Waals surface area contributed by atoms with Crippen LogP contribution >= 0.6 is 11.6 Å². The molecule has 0 bridgehead atoms. The molecular formula is C20H18ClFN4O. The lowest BCUT2D eigenvalue weighted by Crippen LogP contribution is -2.46. The average Bonchev–Trinajstić information content (AvgIpc) is 2.69. The largest absolute Gasteiger partial charge is 0.396 e. The maximum atomic E-state index is 13.4. The molecule has 7 heteroatoms. The summed E-state index contributed by atoms with van der Waals surface area (Å²) in [5.74, 6) is -0.498. The maximum absolute atomic E-state index is 13.4. The molecule has 3 N–H and O–H groups in total. The summed E-state index contributed by atoms with van der Waals surface area (Å²) in [4.78, 5) is 19.2. The number of pyridine rings is 1. The molecule has 3 aromatic rings. The number of piperazine rings is 1. The first-order valence-electron chi connectivity index (χ1n) is 8.68. The number of hydrogen-bond acceptors (Lipinski definition) is 4. The molecule has 0 unspecified atom stereocenters. The highest BCUT2D eigenvalue weighted by molar-refractivity contribution is 6.35. The molecule has 1 fully saturated rings. The van der Waals surface area contributed by atoms with Crippen LogP contribution in [0.4, 0.5) is 10.1 Å². The highest BCUT2D eigenvalue weighted by atomic mass is 35.5. The van der Waals surface area contributed by atoms with Gasteiger partial charge in [0.25, 0.3) is 5.91 Å². The van der Waals surface area contributed by atoms with Gasteiger partial charge in [0, 0.05) is 42.7 Å². The van der Waals surface area contributed by atoms with Crippen LogP contribution in [-0.2, 0) is 0 Å². The first-order chi connectivity index (χ1) is 13.0. The molecule has 5 nitrogen and oxygen atoms in total. The number of amides is 1. The molecular weight excluding hydrogens is 367 g/mol. The van der Waals surface area contributed by atoms with Gasteiger partial charge in [0.05, 0.1) is 21.9 Å². The average molecular weight is 385 g/mol. The van der Waals surface area contributed by atoms with Crippen molar-refractivity contribution < 1.29 is 9.18 Å². The Labute approximate surface area is 160 Å². The van der Waals surface area contributed by atoms with Crippen LogP contribution in [0, 0.1) is 5.82 Å². The fraction of sp³-hybridized carbons (Fsp3) is 0.200. The quantitative estimate of drug-likeness (QED) is 0.665. The van der Waals surface area contributed by atoms with E-state index in [0.29, 0.717) is 40.4 Å². The normalized spacial score (nSPS) is 14.5. The zero-order valence-electron chi connectivity index (χ0n) is 14.5. The number of benzene rings is 2. The van der Waals surface area contributed by atoms with E-state index in [2.05, 4.69) is 10.3 Å². The van der Waals surface area contributed by atoms with Gasteiger partial charge < -0.3 is 16.0 Å². The second-order valence-electron chi connectivity index (χ2n) is 6.50. The van der Waals surface area contributed by atoms with Crippen molar-refractivity contribution in [3.05, 3.63) is 58.9 Å². The minimum absolute atomic E-state index is 0.0206. The number of carbonyl (C=O) groups is 1. The zero-order chi connectivity index (χ0) is 19.0. The number of halogens is 2. The number of aromatic nitrogens is 1. The van der Waals surface area contributed by atoms with Gasteiger partial charge in [-0.2, -0.15) is 0 Å². The fourth-order valence-corrected chi connectivity index (χ4v) is 3.48. The van der Waals surface area contributed by atoms with Gasteiger partial charge in [-0.1, -0.05) is 17.7 Å². The van der Waals surface area contributed by atoms with Crippen molar-refractivity contribution in [1.29, 1.82) is 0 Å². The van der Waals surface area contributed by atoms with Gasteiger partial charge in [-0.25, -0.2) is 9.37 Å². The van der Waals surface area contributed by atoms with Gasteiger partial charge in [0.15, 0.2) is 0 Å². The molecule has 2 aromatic carbocycles. The van der Waals surface area contributed by atoms with Crippen molar-refractivity contribution in [1.82, 2.24) is 15.2 Å². The molecule has 138 valence electrons. The third kappa shape index (κ3) is 3.46. The summed E-state index contributed by atoms with van der Waals surface area (Å²) in [7, 11) is 0. The molecule has 4 rings (SSSR count). The summed E-state index contributed by atoms with van der Waals surface area (Å²) < 4.78 is 13.4. The van der Waals surface area contributed by atoms with Crippen molar-refractivity contribution >= 4 is 34.1 Å². The van der Waals surface area contributed by atoms with Crippen LogP contribution in [0.25, 0.3) is 22.2 Å². The third-order valence-electron chi connectivity index (χ3n) is 4.70. The molecule has 1 saturated heterocycles. The van der Waals surface area contributed by atoms with E-state index in [4.69, 9.17) is 17.3 Å². The van der Waals surface area contributed by atoms with Crippen molar-refractivity contribution in [2.24, 2.45) is 0 Å². The van der Waals surface area contributed by atoms with E-state index in [9.17, 15) is 9.18 Å². The maximum Gasteiger partial charge on any atom is 0.254 e. The predicted molar refractivity (Wildman–Crippen MR) is 105 cm³/mol. The standard InChI is InChI=1S/C20H18ClFN4O/c21-15-11-18(12-2-4-16(22)17(23)9-12)25-19-10-13(1-3-14(15)19)20(27)26-7-5-24-6-8-26/h1-4,9-11,24H,5-8,23H2. The van der Waals surface area contributed by atoms with E-state index in [1.807, 2.05) is 11.0 Å². The summed E-state index contributed by atoms with van der Waals surface area (Å²) in [6, 6.07) is 11.5. The summed E-state index contributed by atoms with van der Waals surface area (Å²) in [6.45, 7) is 2.94. The molecule has 2 heterocycles. The number of nitrogens with one attached hydrogen (secondary N) is 1. The van der Waals surface area contributed by atoms with Crippen LogP contribution in [0.3, 0.4) is 0 Å². The van der Waals surface area contributed by atoms with Crippen LogP contribution in [0.1, 0.15) is 10.4 Å². The molecule has 0 spiro atoms. The van der Waals surface area contributed by atoms with Crippen LogP contribution in [0.2, 0.25) is 5.02 Å². The number of hydrogen-bond donors (Lipinski definition) is 2. The Morgan fingerprint density at radius 1 is 1.15 bits per heavy atom. The SMILES string of the molecule is Nc1cc(-c2cc(Cl)c3ccc(C(=O)N4CCNCC4)cc3n2)ccc1F. The zero-order valence-corrected chi connectivity index (χ0v) is 15.3. The second kappa shape index (κ2) is 7.13. The molecule has 0 atom stereocenters. The Balaban J connectivity index is 1.75. The van der Waals surface area contributed by atoms with Gasteiger partial charge in [0.2, 0.25) is 0 Å². The molecule has 1 aromatic heterocycles. The van der Waals surface area contributed by atoms with Crippen LogP contribution in [-0.4, -0.2) is 42.0 Å². The van der Waals surface area contributed by atoms with Gasteiger partial charge in [-0.3, -0.25) is 4.79 Å². The van der Waals surface area contributed by atoms with Crippen molar-refractivity contribution in [2.45, 2.75) is 0 Å². The fourth-order valence-electron chi connectivity index (χ4n) is 3.22. The second-order valence-corrected chi connectivity index (χ2v) is 6.91. The third-order valence-corrected chi connectivity index (χ3v) is 5.02. The summed E-state index contributed by atoms with van der Waals surface area (Å²) >= 11 is 6.41. The minimum Gasteiger partial charge on any atom is -0.396 e. The number of nitrogens with zero attached hydrogens (tertiary/aromatic N) is 2. The number of rotatable bonds is 2. The van der Waals surface area contributed by atoms with E-state index in [-0.39, 0.29) is 11.6 Å². The van der Waals surface area contributed by atoms with Crippen molar-refractivity contribution in [3.63, 3.8) is 0 Å².